The van der Waals surface area contributed by atoms with Crippen LogP contribution in [0, 0.1) is 0 Å². The number of hydrogen-bond acceptors (Lipinski definition) is 9. The van der Waals surface area contributed by atoms with Gasteiger partial charge in [0.05, 0.1) is 28.5 Å². The van der Waals surface area contributed by atoms with Crippen LogP contribution >= 0.6 is 23.2 Å². The number of amides is 1. The molecule has 1 aliphatic heterocycles. The zero-order valence-corrected chi connectivity index (χ0v) is 19.7. The van der Waals surface area contributed by atoms with Gasteiger partial charge < -0.3 is 10.6 Å². The molecule has 1 aliphatic rings. The highest BCUT2D eigenvalue weighted by atomic mass is 35.5. The van der Waals surface area contributed by atoms with Crippen LogP contribution < -0.4 is 16.1 Å². The van der Waals surface area contributed by atoms with Crippen LogP contribution in [-0.4, -0.2) is 44.0 Å². The molecule has 1 amide bonds. The maximum absolute atomic E-state index is 13.1. The SMILES string of the molecule is Nc1nonc1-n1nnc(C(=O)NN=Cc2cccc(Cl)c2Cl)c1CN1CCCc2ccccc21. The molecule has 178 valence electrons. The number of fused-ring (bicyclic) bond motifs is 1. The number of hydrogen-bond donors (Lipinski definition) is 2. The van der Waals surface area contributed by atoms with Gasteiger partial charge in [0, 0.05) is 17.8 Å². The number of halogens is 2. The molecule has 5 rings (SSSR count). The first-order valence-electron chi connectivity index (χ1n) is 10.7. The molecule has 13 heteroatoms. The number of anilines is 2. The number of nitrogens with one attached hydrogen (secondary N) is 1. The van der Waals surface area contributed by atoms with Crippen molar-refractivity contribution in [2.24, 2.45) is 5.10 Å². The van der Waals surface area contributed by atoms with E-state index < -0.39 is 5.91 Å². The Hall–Kier alpha value is -3.96. The van der Waals surface area contributed by atoms with Crippen LogP contribution in [0.25, 0.3) is 5.82 Å². The van der Waals surface area contributed by atoms with Gasteiger partial charge in [-0.2, -0.15) is 9.78 Å². The molecular weight excluding hydrogens is 493 g/mol. The van der Waals surface area contributed by atoms with Crippen LogP contribution in [0.15, 0.2) is 52.2 Å². The molecule has 0 bridgehead atoms. The Balaban J connectivity index is 1.46. The van der Waals surface area contributed by atoms with E-state index in [1.165, 1.54) is 16.5 Å². The highest BCUT2D eigenvalue weighted by Crippen LogP contribution is 2.29. The van der Waals surface area contributed by atoms with E-state index in [1.54, 1.807) is 18.2 Å². The molecule has 0 unspecified atom stereocenters. The fraction of sp³-hybridized carbons (Fsp3) is 0.182. The third-order valence-corrected chi connectivity index (χ3v) is 6.41. The van der Waals surface area contributed by atoms with Crippen LogP contribution in [0.1, 0.15) is 33.7 Å². The molecular formula is C22H19Cl2N9O2. The van der Waals surface area contributed by atoms with E-state index in [1.807, 2.05) is 18.2 Å². The highest BCUT2D eigenvalue weighted by molar-refractivity contribution is 6.43. The van der Waals surface area contributed by atoms with Crippen molar-refractivity contribution in [3.05, 3.63) is 75.0 Å². The third-order valence-electron chi connectivity index (χ3n) is 5.57. The van der Waals surface area contributed by atoms with Crippen LogP contribution in [0.3, 0.4) is 0 Å². The smallest absolute Gasteiger partial charge is 0.293 e. The Morgan fingerprint density at radius 1 is 1.20 bits per heavy atom. The van der Waals surface area contributed by atoms with Crippen molar-refractivity contribution in [2.45, 2.75) is 19.4 Å². The lowest BCUT2D eigenvalue weighted by molar-refractivity contribution is 0.0949. The lowest BCUT2D eigenvalue weighted by Gasteiger charge is -2.31. The van der Waals surface area contributed by atoms with E-state index in [-0.39, 0.29) is 17.3 Å². The van der Waals surface area contributed by atoms with Gasteiger partial charge in [-0.25, -0.2) is 10.1 Å². The van der Waals surface area contributed by atoms with Gasteiger partial charge in [-0.05, 0) is 40.9 Å². The van der Waals surface area contributed by atoms with Crippen LogP contribution in [0.4, 0.5) is 11.5 Å². The second kappa shape index (κ2) is 9.72. The number of carbonyl (C=O) groups excluding carboxylic acids is 1. The second-order valence-electron chi connectivity index (χ2n) is 7.77. The summed E-state index contributed by atoms with van der Waals surface area (Å²) in [7, 11) is 0. The molecule has 0 saturated heterocycles. The summed E-state index contributed by atoms with van der Waals surface area (Å²) in [6, 6.07) is 13.3. The third kappa shape index (κ3) is 4.55. The van der Waals surface area contributed by atoms with Gasteiger partial charge in [0.25, 0.3) is 5.91 Å². The Morgan fingerprint density at radius 2 is 2.06 bits per heavy atom. The number of aryl methyl sites for hydroxylation is 1. The number of nitrogens with two attached hydrogens (primary N) is 1. The monoisotopic (exact) mass is 511 g/mol. The van der Waals surface area contributed by atoms with Crippen molar-refractivity contribution in [2.75, 3.05) is 17.2 Å². The van der Waals surface area contributed by atoms with E-state index in [0.29, 0.717) is 27.8 Å². The molecule has 2 aromatic carbocycles. The lowest BCUT2D eigenvalue weighted by Crippen LogP contribution is -2.31. The van der Waals surface area contributed by atoms with Gasteiger partial charge in [-0.1, -0.05) is 58.7 Å². The lowest BCUT2D eigenvalue weighted by atomic mass is 10.0. The largest absolute Gasteiger partial charge is 0.378 e. The topological polar surface area (TPSA) is 140 Å². The molecule has 35 heavy (non-hydrogen) atoms. The van der Waals surface area contributed by atoms with Gasteiger partial charge in [0.1, 0.15) is 0 Å². The molecule has 3 N–H and O–H groups in total. The average molecular weight is 512 g/mol. The van der Waals surface area contributed by atoms with Gasteiger partial charge in [0.2, 0.25) is 11.6 Å². The van der Waals surface area contributed by atoms with Crippen molar-refractivity contribution < 1.29 is 9.42 Å². The van der Waals surface area contributed by atoms with Crippen LogP contribution in [-0.2, 0) is 13.0 Å². The van der Waals surface area contributed by atoms with Gasteiger partial charge >= 0.3 is 0 Å². The predicted molar refractivity (Wildman–Crippen MR) is 131 cm³/mol. The number of hydrazone groups is 1. The fourth-order valence-electron chi connectivity index (χ4n) is 3.92. The maximum atomic E-state index is 13.1. The van der Waals surface area contributed by atoms with Gasteiger partial charge in [-0.15, -0.1) is 5.10 Å². The zero-order valence-electron chi connectivity index (χ0n) is 18.2. The molecule has 4 aromatic rings. The normalized spacial score (nSPS) is 13.3. The predicted octanol–water partition coefficient (Wildman–Crippen LogP) is 3.26. The molecule has 2 aromatic heterocycles. The fourth-order valence-corrected chi connectivity index (χ4v) is 4.27. The first-order valence-corrected chi connectivity index (χ1v) is 11.4. The van der Waals surface area contributed by atoms with Crippen LogP contribution in [0.2, 0.25) is 10.0 Å². The summed E-state index contributed by atoms with van der Waals surface area (Å²) >= 11 is 12.2. The first-order chi connectivity index (χ1) is 17.0. The van der Waals surface area contributed by atoms with E-state index >= 15 is 0 Å². The van der Waals surface area contributed by atoms with E-state index in [9.17, 15) is 4.79 Å². The Kier molecular flexibility index (Phi) is 6.34. The minimum atomic E-state index is -0.569. The Bertz CT molecular complexity index is 1420. The summed E-state index contributed by atoms with van der Waals surface area (Å²) in [4.78, 5) is 15.2. The quantitative estimate of drug-likeness (QED) is 0.296. The van der Waals surface area contributed by atoms with Crippen molar-refractivity contribution in [1.82, 2.24) is 30.7 Å². The minimum absolute atomic E-state index is 0.0239. The minimum Gasteiger partial charge on any atom is -0.378 e. The summed E-state index contributed by atoms with van der Waals surface area (Å²) in [6.07, 6.45) is 3.35. The second-order valence-corrected chi connectivity index (χ2v) is 8.55. The van der Waals surface area contributed by atoms with Crippen molar-refractivity contribution in [3.63, 3.8) is 0 Å². The summed E-state index contributed by atoms with van der Waals surface area (Å²) in [6.45, 7) is 1.12. The molecule has 0 atom stereocenters. The van der Waals surface area contributed by atoms with Gasteiger partial charge in [0.15, 0.2) is 5.69 Å². The van der Waals surface area contributed by atoms with E-state index in [4.69, 9.17) is 33.6 Å². The summed E-state index contributed by atoms with van der Waals surface area (Å²) in [5.41, 5.74) is 11.7. The number of benzene rings is 2. The standard InChI is InChI=1S/C22H19Cl2N9O2/c23-15-8-3-6-14(18(15)24)11-26-28-22(34)19-17(33(31-27-19)21-20(25)29-35-30-21)12-32-10-4-7-13-5-1-2-9-16(13)32/h1-3,5-6,8-9,11H,4,7,10,12H2,(H2,25,29)(H,28,34). The zero-order chi connectivity index (χ0) is 24.4. The molecule has 0 fully saturated rings. The Morgan fingerprint density at radius 3 is 2.89 bits per heavy atom. The maximum Gasteiger partial charge on any atom is 0.293 e. The number of rotatable bonds is 6. The number of carbonyl (C=O) groups is 1. The molecule has 0 radical (unpaired) electrons. The summed E-state index contributed by atoms with van der Waals surface area (Å²) < 4.78 is 6.09. The Labute approximate surface area is 209 Å². The number of aromatic nitrogens is 5. The molecule has 0 aliphatic carbocycles. The van der Waals surface area contributed by atoms with Crippen LogP contribution in [0.5, 0.6) is 0 Å². The van der Waals surface area contributed by atoms with E-state index in [2.05, 4.69) is 42.1 Å². The highest BCUT2D eigenvalue weighted by Gasteiger charge is 2.27. The summed E-state index contributed by atoms with van der Waals surface area (Å²) in [5.74, 6) is -0.400. The average Bonchev–Trinajstić information content (AvgIpc) is 3.47. The number of para-hydroxylation sites is 1. The van der Waals surface area contributed by atoms with E-state index in [0.717, 1.165) is 25.1 Å². The van der Waals surface area contributed by atoms with Crippen molar-refractivity contribution in [1.29, 1.82) is 0 Å². The van der Waals surface area contributed by atoms with Crippen molar-refractivity contribution in [3.8, 4) is 5.82 Å². The number of nitrogens with zero attached hydrogens (tertiary/aromatic N) is 7. The van der Waals surface area contributed by atoms with Gasteiger partial charge in [-0.3, -0.25) is 4.79 Å². The van der Waals surface area contributed by atoms with Crippen molar-refractivity contribution >= 4 is 46.8 Å². The molecule has 0 saturated carbocycles. The number of nitrogen functional groups attached to an aromatic ring is 1. The molecule has 3 heterocycles. The molecule has 11 nitrogen and oxygen atoms in total. The summed E-state index contributed by atoms with van der Waals surface area (Å²) in [5, 5.41) is 20.3. The first kappa shape index (κ1) is 22.8. The molecule has 0 spiro atoms.